The van der Waals surface area contributed by atoms with Crippen molar-refractivity contribution in [3.05, 3.63) is 59.2 Å². The topological polar surface area (TPSA) is 97.0 Å². The molecule has 41 heavy (non-hydrogen) atoms. The van der Waals surface area contributed by atoms with Crippen LogP contribution in [0.15, 0.2) is 42.5 Å². The highest BCUT2D eigenvalue weighted by Crippen LogP contribution is 2.29. The zero-order valence-corrected chi connectivity index (χ0v) is 26.7. The second kappa shape index (κ2) is 16.3. The summed E-state index contributed by atoms with van der Waals surface area (Å²) in [6, 6.07) is 11.2. The van der Waals surface area contributed by atoms with Crippen molar-refractivity contribution in [1.82, 2.24) is 10.2 Å². The molecule has 2 aromatic carbocycles. The van der Waals surface area contributed by atoms with Gasteiger partial charge in [0.1, 0.15) is 23.4 Å². The molecule has 2 atom stereocenters. The minimum absolute atomic E-state index is 0.309. The SMILES string of the molecule is CCCCCN(C(=O)C(CCSC)NC(=O)OC(C)(C)C)C(C(=O)Nc1ccc(OC)cc1)c1ccc(C)cc1C. The van der Waals surface area contributed by atoms with Crippen LogP contribution in [0.3, 0.4) is 0 Å². The van der Waals surface area contributed by atoms with E-state index in [0.29, 0.717) is 30.2 Å². The van der Waals surface area contributed by atoms with Gasteiger partial charge in [0.25, 0.3) is 5.91 Å². The number of hydrogen-bond acceptors (Lipinski definition) is 6. The van der Waals surface area contributed by atoms with E-state index in [2.05, 4.69) is 17.6 Å². The van der Waals surface area contributed by atoms with Gasteiger partial charge in [0.15, 0.2) is 0 Å². The summed E-state index contributed by atoms with van der Waals surface area (Å²) in [6.07, 6.45) is 4.29. The molecular weight excluding hydrogens is 538 g/mol. The number of carbonyl (C=O) groups excluding carboxylic acids is 3. The Kier molecular flexibility index (Phi) is 13.5. The van der Waals surface area contributed by atoms with Gasteiger partial charge in [-0.2, -0.15) is 11.8 Å². The Labute approximate surface area is 249 Å². The van der Waals surface area contributed by atoms with Crippen molar-refractivity contribution in [3.63, 3.8) is 0 Å². The fourth-order valence-electron chi connectivity index (χ4n) is 4.51. The minimum Gasteiger partial charge on any atom is -0.497 e. The van der Waals surface area contributed by atoms with Crippen molar-refractivity contribution < 1.29 is 23.9 Å². The first-order valence-corrected chi connectivity index (χ1v) is 15.6. The van der Waals surface area contributed by atoms with Crippen molar-refractivity contribution >= 4 is 35.4 Å². The molecule has 0 aromatic heterocycles. The summed E-state index contributed by atoms with van der Waals surface area (Å²) in [7, 11) is 1.59. The number of nitrogens with zero attached hydrogens (tertiary/aromatic N) is 1. The van der Waals surface area contributed by atoms with E-state index in [4.69, 9.17) is 9.47 Å². The molecule has 2 unspecified atom stereocenters. The lowest BCUT2D eigenvalue weighted by Gasteiger charge is -2.35. The number of benzene rings is 2. The molecule has 0 radical (unpaired) electrons. The zero-order chi connectivity index (χ0) is 30.6. The molecule has 0 aliphatic carbocycles. The van der Waals surface area contributed by atoms with E-state index < -0.39 is 23.8 Å². The smallest absolute Gasteiger partial charge is 0.408 e. The van der Waals surface area contributed by atoms with E-state index in [1.54, 1.807) is 68.8 Å². The number of aryl methyl sites for hydroxylation is 2. The molecule has 0 fully saturated rings. The molecule has 226 valence electrons. The van der Waals surface area contributed by atoms with Crippen LogP contribution in [0.25, 0.3) is 0 Å². The third-order valence-corrected chi connectivity index (χ3v) is 7.17. The average Bonchev–Trinajstić information content (AvgIpc) is 2.90. The number of hydrogen-bond donors (Lipinski definition) is 2. The van der Waals surface area contributed by atoms with Gasteiger partial charge in [0.05, 0.1) is 7.11 Å². The summed E-state index contributed by atoms with van der Waals surface area (Å²) in [5, 5.41) is 5.81. The van der Waals surface area contributed by atoms with Crippen LogP contribution >= 0.6 is 11.8 Å². The van der Waals surface area contributed by atoms with Gasteiger partial charge < -0.3 is 25.0 Å². The predicted octanol–water partition coefficient (Wildman–Crippen LogP) is 6.66. The first-order valence-electron chi connectivity index (χ1n) is 14.2. The van der Waals surface area contributed by atoms with Crippen LogP contribution in [-0.2, 0) is 14.3 Å². The highest BCUT2D eigenvalue weighted by molar-refractivity contribution is 7.98. The maximum Gasteiger partial charge on any atom is 0.408 e. The summed E-state index contributed by atoms with van der Waals surface area (Å²) in [5.74, 6) is 0.695. The summed E-state index contributed by atoms with van der Waals surface area (Å²) in [5.41, 5.74) is 2.60. The molecule has 0 saturated heterocycles. The summed E-state index contributed by atoms with van der Waals surface area (Å²) in [6.45, 7) is 11.7. The Bertz CT molecular complexity index is 1150. The largest absolute Gasteiger partial charge is 0.497 e. The van der Waals surface area contributed by atoms with Crippen LogP contribution in [-0.4, -0.2) is 60.1 Å². The lowest BCUT2D eigenvalue weighted by atomic mass is 9.96. The average molecular weight is 586 g/mol. The van der Waals surface area contributed by atoms with Crippen LogP contribution in [0.4, 0.5) is 10.5 Å². The number of nitrogens with one attached hydrogen (secondary N) is 2. The third-order valence-electron chi connectivity index (χ3n) is 6.52. The van der Waals surface area contributed by atoms with Crippen LogP contribution in [0, 0.1) is 13.8 Å². The van der Waals surface area contributed by atoms with Crippen molar-refractivity contribution in [3.8, 4) is 5.75 Å². The Balaban J connectivity index is 2.55. The van der Waals surface area contributed by atoms with Gasteiger partial charge in [-0.05, 0) is 94.9 Å². The number of ether oxygens (including phenoxy) is 2. The molecule has 0 heterocycles. The van der Waals surface area contributed by atoms with Crippen LogP contribution in [0.5, 0.6) is 5.75 Å². The molecule has 2 N–H and O–H groups in total. The predicted molar refractivity (Wildman–Crippen MR) is 168 cm³/mol. The van der Waals surface area contributed by atoms with Gasteiger partial charge in [-0.3, -0.25) is 9.59 Å². The highest BCUT2D eigenvalue weighted by atomic mass is 32.2. The van der Waals surface area contributed by atoms with E-state index in [1.807, 2.05) is 38.3 Å². The number of alkyl carbamates (subject to hydrolysis) is 1. The number of thioether (sulfide) groups is 1. The van der Waals surface area contributed by atoms with Crippen LogP contribution < -0.4 is 15.4 Å². The number of anilines is 1. The molecule has 0 aliphatic rings. The Morgan fingerprint density at radius 3 is 2.27 bits per heavy atom. The summed E-state index contributed by atoms with van der Waals surface area (Å²) in [4.78, 5) is 42.8. The maximum atomic E-state index is 14.3. The highest BCUT2D eigenvalue weighted by Gasteiger charge is 2.36. The lowest BCUT2D eigenvalue weighted by molar-refractivity contribution is -0.141. The molecule has 2 aromatic rings. The number of rotatable bonds is 14. The van der Waals surface area contributed by atoms with Crippen molar-refractivity contribution in [2.24, 2.45) is 0 Å². The Morgan fingerprint density at radius 2 is 1.71 bits per heavy atom. The van der Waals surface area contributed by atoms with Gasteiger partial charge in [-0.1, -0.05) is 43.5 Å². The second-order valence-electron chi connectivity index (χ2n) is 11.2. The van der Waals surface area contributed by atoms with Gasteiger partial charge >= 0.3 is 6.09 Å². The van der Waals surface area contributed by atoms with Gasteiger partial charge in [-0.25, -0.2) is 4.79 Å². The molecule has 2 rings (SSSR count). The number of unbranched alkanes of at least 4 members (excludes halogenated alkanes) is 2. The van der Waals surface area contributed by atoms with E-state index in [1.165, 1.54) is 0 Å². The molecular formula is C32H47N3O5S. The van der Waals surface area contributed by atoms with Crippen molar-refractivity contribution in [1.29, 1.82) is 0 Å². The van der Waals surface area contributed by atoms with Gasteiger partial charge in [-0.15, -0.1) is 0 Å². The molecule has 3 amide bonds. The molecule has 9 heteroatoms. The molecule has 0 saturated carbocycles. The first-order chi connectivity index (χ1) is 19.4. The number of amides is 3. The summed E-state index contributed by atoms with van der Waals surface area (Å²) < 4.78 is 10.7. The minimum atomic E-state index is -0.903. The summed E-state index contributed by atoms with van der Waals surface area (Å²) >= 11 is 1.59. The Morgan fingerprint density at radius 1 is 1.02 bits per heavy atom. The fraction of sp³-hybridized carbons (Fsp3) is 0.531. The van der Waals surface area contributed by atoms with Gasteiger partial charge in [0.2, 0.25) is 5.91 Å². The van der Waals surface area contributed by atoms with Crippen molar-refractivity contribution in [2.45, 2.75) is 84.9 Å². The number of methoxy groups -OCH3 is 1. The van der Waals surface area contributed by atoms with Crippen molar-refractivity contribution in [2.75, 3.05) is 31.0 Å². The molecule has 0 aliphatic heterocycles. The van der Waals surface area contributed by atoms with E-state index >= 15 is 0 Å². The van der Waals surface area contributed by atoms with E-state index in [0.717, 1.165) is 36.0 Å². The number of carbonyl (C=O) groups is 3. The third kappa shape index (κ3) is 10.9. The normalized spacial score (nSPS) is 12.7. The lowest BCUT2D eigenvalue weighted by Crippen LogP contribution is -2.53. The van der Waals surface area contributed by atoms with E-state index in [-0.39, 0.29) is 11.8 Å². The zero-order valence-electron chi connectivity index (χ0n) is 25.8. The molecule has 0 bridgehead atoms. The quantitative estimate of drug-likeness (QED) is 0.241. The van der Waals surface area contributed by atoms with Gasteiger partial charge in [0, 0.05) is 12.2 Å². The van der Waals surface area contributed by atoms with E-state index in [9.17, 15) is 14.4 Å². The first kappa shape index (κ1) is 34.0. The molecule has 8 nitrogen and oxygen atoms in total. The standard InChI is InChI=1S/C32H47N3O5S/c1-9-10-11-19-35(30(37)27(18-20-41-8)34-31(38)40-32(4,5)6)28(26-17-12-22(2)21-23(26)3)29(36)33-24-13-15-25(39-7)16-14-24/h12-17,21,27-28H,9-11,18-20H2,1-8H3,(H,33,36)(H,34,38). The molecule has 0 spiro atoms. The maximum absolute atomic E-state index is 14.3. The Hall–Kier alpha value is -3.20. The fourth-order valence-corrected chi connectivity index (χ4v) is 4.98. The van der Waals surface area contributed by atoms with Crippen LogP contribution in [0.1, 0.15) is 76.1 Å². The monoisotopic (exact) mass is 585 g/mol. The van der Waals surface area contributed by atoms with Crippen LogP contribution in [0.2, 0.25) is 0 Å². The second-order valence-corrected chi connectivity index (χ2v) is 12.2.